The van der Waals surface area contributed by atoms with Crippen LogP contribution in [-0.2, 0) is 20.0 Å². The fraction of sp³-hybridized carbons (Fsp3) is 1.00. The van der Waals surface area contributed by atoms with Crippen molar-refractivity contribution in [2.45, 2.75) is 23.1 Å². The van der Waals surface area contributed by atoms with Gasteiger partial charge in [-0.25, -0.2) is 21.2 Å². The molecular formula is C5H6F5NO4S2. The Bertz CT molecular complexity index is 503. The minimum Gasteiger partial charge on any atom is -0.218 e. The molecule has 1 fully saturated rings. The molecule has 0 amide bonds. The van der Waals surface area contributed by atoms with Gasteiger partial charge >= 0.3 is 11.2 Å². The van der Waals surface area contributed by atoms with Crippen LogP contribution in [0, 0.1) is 0 Å². The summed E-state index contributed by atoms with van der Waals surface area (Å²) in [7, 11) is -11.9. The van der Waals surface area contributed by atoms with Gasteiger partial charge < -0.3 is 0 Å². The molecule has 12 heteroatoms. The van der Waals surface area contributed by atoms with Gasteiger partial charge in [-0.15, -0.1) is 0 Å². The molecule has 1 atom stereocenters. The molecule has 0 radical (unpaired) electrons. The number of hydrogen-bond donors (Lipinski definition) is 0. The van der Waals surface area contributed by atoms with E-state index in [1.165, 1.54) is 0 Å². The van der Waals surface area contributed by atoms with Gasteiger partial charge in [0.25, 0.3) is 25.0 Å². The third kappa shape index (κ3) is 1.25. The van der Waals surface area contributed by atoms with Crippen molar-refractivity contribution in [1.82, 2.24) is 3.71 Å². The lowest BCUT2D eigenvalue weighted by Crippen LogP contribution is -2.71. The van der Waals surface area contributed by atoms with Crippen molar-refractivity contribution in [3.8, 4) is 0 Å². The van der Waals surface area contributed by atoms with E-state index in [0.29, 0.717) is 0 Å². The fourth-order valence-electron chi connectivity index (χ4n) is 1.12. The van der Waals surface area contributed by atoms with E-state index in [-0.39, 0.29) is 14.0 Å². The van der Waals surface area contributed by atoms with Gasteiger partial charge in [-0.3, -0.25) is 0 Å². The zero-order valence-corrected chi connectivity index (χ0v) is 9.92. The molecule has 5 nitrogen and oxygen atoms in total. The second kappa shape index (κ2) is 3.09. The minimum absolute atomic E-state index is 0.0612. The van der Waals surface area contributed by atoms with Gasteiger partial charge in [0, 0.05) is 7.05 Å². The van der Waals surface area contributed by atoms with Crippen LogP contribution in [0.15, 0.2) is 0 Å². The third-order valence-electron chi connectivity index (χ3n) is 2.41. The maximum atomic E-state index is 13.4. The highest BCUT2D eigenvalue weighted by atomic mass is 32.3. The van der Waals surface area contributed by atoms with Gasteiger partial charge in [-0.05, 0) is 6.92 Å². The van der Waals surface area contributed by atoms with Crippen LogP contribution in [0.2, 0.25) is 0 Å². The lowest BCUT2D eigenvalue weighted by molar-refractivity contribution is -0.208. The Kier molecular flexibility index (Phi) is 2.65. The SMILES string of the molecule is CN1S(=O)(=O)C(C)(F)C(F)(F)C(F)(F)S1(=O)=O. The van der Waals surface area contributed by atoms with Crippen molar-refractivity contribution in [2.24, 2.45) is 0 Å². The molecule has 1 unspecified atom stereocenters. The van der Waals surface area contributed by atoms with Crippen LogP contribution in [0.3, 0.4) is 0 Å². The van der Waals surface area contributed by atoms with Gasteiger partial charge in [-0.1, -0.05) is 3.71 Å². The molecule has 1 saturated heterocycles. The summed E-state index contributed by atoms with van der Waals surface area (Å²) < 4.78 is 108. The lowest BCUT2D eigenvalue weighted by Gasteiger charge is -2.41. The second-order valence-electron chi connectivity index (χ2n) is 3.40. The van der Waals surface area contributed by atoms with E-state index in [2.05, 4.69) is 0 Å². The summed E-state index contributed by atoms with van der Waals surface area (Å²) in [4.78, 5) is 0. The van der Waals surface area contributed by atoms with E-state index >= 15 is 0 Å². The molecule has 0 aliphatic carbocycles. The van der Waals surface area contributed by atoms with Crippen LogP contribution in [0.1, 0.15) is 6.92 Å². The number of alkyl halides is 5. The first kappa shape index (κ1) is 14.6. The number of hydrogen-bond acceptors (Lipinski definition) is 4. The van der Waals surface area contributed by atoms with Crippen molar-refractivity contribution in [3.63, 3.8) is 0 Å². The van der Waals surface area contributed by atoms with Crippen LogP contribution in [-0.4, -0.2) is 43.8 Å². The van der Waals surface area contributed by atoms with Gasteiger partial charge in [-0.2, -0.15) is 17.6 Å². The van der Waals surface area contributed by atoms with Gasteiger partial charge in [0.05, 0.1) is 0 Å². The fourth-order valence-corrected chi connectivity index (χ4v) is 4.69. The molecule has 17 heavy (non-hydrogen) atoms. The summed E-state index contributed by atoms with van der Waals surface area (Å²) in [5.74, 6) is -5.90. The standard InChI is InChI=1S/C5H6F5NO4S2/c1-3(6)4(7,8)5(9,10)17(14,15)11(2)16(3,12)13/h1-2H3. The molecule has 102 valence electrons. The van der Waals surface area contributed by atoms with Crippen LogP contribution >= 0.6 is 0 Å². The quantitative estimate of drug-likeness (QED) is 0.611. The second-order valence-corrected chi connectivity index (χ2v) is 7.90. The Morgan fingerprint density at radius 3 is 1.59 bits per heavy atom. The number of rotatable bonds is 0. The highest BCUT2D eigenvalue weighted by Gasteiger charge is 2.84. The van der Waals surface area contributed by atoms with Crippen LogP contribution in [0.4, 0.5) is 22.0 Å². The van der Waals surface area contributed by atoms with Crippen molar-refractivity contribution in [1.29, 1.82) is 0 Å². The maximum absolute atomic E-state index is 13.4. The predicted octanol–water partition coefficient (Wildman–Crippen LogP) is 0.505. The Balaban J connectivity index is 3.82. The van der Waals surface area contributed by atoms with Gasteiger partial charge in [0.2, 0.25) is 0 Å². The molecule has 0 spiro atoms. The maximum Gasteiger partial charge on any atom is 0.426 e. The highest BCUT2D eigenvalue weighted by Crippen LogP contribution is 2.55. The molecular weight excluding hydrogens is 297 g/mol. The molecule has 0 saturated carbocycles. The van der Waals surface area contributed by atoms with Crippen molar-refractivity contribution in [2.75, 3.05) is 7.05 Å². The average molecular weight is 303 g/mol. The first-order valence-corrected chi connectivity index (χ1v) is 6.71. The Morgan fingerprint density at radius 2 is 1.24 bits per heavy atom. The number of nitrogens with zero attached hydrogens (tertiary/aromatic N) is 1. The van der Waals surface area contributed by atoms with Crippen molar-refractivity contribution in [3.05, 3.63) is 0 Å². The molecule has 0 N–H and O–H groups in total. The third-order valence-corrected chi connectivity index (χ3v) is 7.07. The first-order valence-electron chi connectivity index (χ1n) is 3.83. The number of halogens is 5. The summed E-state index contributed by atoms with van der Waals surface area (Å²) in [6.07, 6.45) is 0. The van der Waals surface area contributed by atoms with Crippen LogP contribution in [0.25, 0.3) is 0 Å². The van der Waals surface area contributed by atoms with E-state index in [1.54, 1.807) is 0 Å². The smallest absolute Gasteiger partial charge is 0.218 e. The summed E-state index contributed by atoms with van der Waals surface area (Å²) >= 11 is 0. The average Bonchev–Trinajstić information content (AvgIpc) is 2.13. The lowest BCUT2D eigenvalue weighted by atomic mass is 10.2. The molecule has 1 aliphatic heterocycles. The van der Waals surface area contributed by atoms with Crippen molar-refractivity contribution < 1.29 is 38.8 Å². The molecule has 1 heterocycles. The monoisotopic (exact) mass is 303 g/mol. The normalized spacial score (nSPS) is 38.8. The summed E-state index contributed by atoms with van der Waals surface area (Å²) in [6, 6.07) is 0. The van der Waals surface area contributed by atoms with Crippen molar-refractivity contribution >= 4 is 20.0 Å². The van der Waals surface area contributed by atoms with Gasteiger partial charge in [0.1, 0.15) is 0 Å². The number of sulfonamides is 2. The molecule has 0 bridgehead atoms. The van der Waals surface area contributed by atoms with E-state index in [9.17, 15) is 38.8 Å². The summed E-state index contributed by atoms with van der Waals surface area (Å²) in [5.41, 5.74) is 0. The van der Waals surface area contributed by atoms with Crippen LogP contribution < -0.4 is 0 Å². The molecule has 1 rings (SSSR count). The molecule has 0 aromatic heterocycles. The van der Waals surface area contributed by atoms with Gasteiger partial charge in [0.15, 0.2) is 0 Å². The summed E-state index contributed by atoms with van der Waals surface area (Å²) in [5, 5.41) is -10.6. The minimum atomic E-state index is -6.20. The topological polar surface area (TPSA) is 71.5 Å². The Morgan fingerprint density at radius 1 is 0.882 bits per heavy atom. The Hall–Kier alpha value is -0.490. The zero-order chi connectivity index (χ0) is 14.1. The first-order chi connectivity index (χ1) is 7.15. The van der Waals surface area contributed by atoms with E-state index < -0.39 is 39.9 Å². The van der Waals surface area contributed by atoms with E-state index in [4.69, 9.17) is 0 Å². The zero-order valence-electron chi connectivity index (χ0n) is 8.29. The highest BCUT2D eigenvalue weighted by molar-refractivity contribution is 8.05. The molecule has 0 aromatic carbocycles. The van der Waals surface area contributed by atoms with E-state index in [1.807, 2.05) is 0 Å². The summed E-state index contributed by atoms with van der Waals surface area (Å²) in [6.45, 7) is -0.318. The Labute approximate surface area is 93.3 Å². The molecule has 0 aromatic rings. The van der Waals surface area contributed by atoms with Crippen LogP contribution in [0.5, 0.6) is 0 Å². The largest absolute Gasteiger partial charge is 0.426 e. The predicted molar refractivity (Wildman–Crippen MR) is 45.0 cm³/mol. The van der Waals surface area contributed by atoms with E-state index in [0.717, 1.165) is 0 Å². The molecule has 1 aliphatic rings.